The summed E-state index contributed by atoms with van der Waals surface area (Å²) in [5.74, 6) is 0. The van der Waals surface area contributed by atoms with Crippen LogP contribution in [-0.2, 0) is 10.0 Å². The Hall–Kier alpha value is -2.11. The molecule has 3 nitrogen and oxygen atoms in total. The highest BCUT2D eigenvalue weighted by Crippen LogP contribution is 2.43. The van der Waals surface area contributed by atoms with Crippen molar-refractivity contribution in [1.82, 2.24) is 0 Å². The highest BCUT2D eigenvalue weighted by Gasteiger charge is 2.17. The third-order valence-corrected chi connectivity index (χ3v) is 4.82. The van der Waals surface area contributed by atoms with Gasteiger partial charge in [0.2, 0.25) is 10.0 Å². The van der Waals surface area contributed by atoms with Crippen molar-refractivity contribution in [2.24, 2.45) is 0 Å². The van der Waals surface area contributed by atoms with Crippen LogP contribution in [0.4, 0.5) is 5.00 Å². The van der Waals surface area contributed by atoms with Gasteiger partial charge in [0.1, 0.15) is 5.00 Å². The van der Waals surface area contributed by atoms with Gasteiger partial charge in [-0.2, -0.15) is 0 Å². The summed E-state index contributed by atoms with van der Waals surface area (Å²) in [4.78, 5) is 0. The van der Waals surface area contributed by atoms with Gasteiger partial charge < -0.3 is 0 Å². The van der Waals surface area contributed by atoms with Crippen LogP contribution < -0.4 is 4.72 Å². The van der Waals surface area contributed by atoms with Crippen LogP contribution in [-0.4, -0.2) is 14.7 Å². The monoisotopic (exact) mass is 329 g/mol. The molecule has 0 radical (unpaired) electrons. The molecule has 0 aliphatic carbocycles. The first kappa shape index (κ1) is 14.8. The zero-order chi connectivity index (χ0) is 15.6. The molecule has 3 rings (SSSR count). The fourth-order valence-corrected chi connectivity index (χ4v) is 4.24. The summed E-state index contributed by atoms with van der Waals surface area (Å²) in [5, 5.41) is 2.64. The van der Waals surface area contributed by atoms with Crippen LogP contribution in [0.5, 0.6) is 0 Å². The molecule has 0 bridgehead atoms. The third-order valence-electron chi connectivity index (χ3n) is 3.22. The lowest BCUT2D eigenvalue weighted by Gasteiger charge is -2.09. The van der Waals surface area contributed by atoms with Gasteiger partial charge in [0, 0.05) is 16.5 Å². The van der Waals surface area contributed by atoms with Gasteiger partial charge in [-0.05, 0) is 11.1 Å². The lowest BCUT2D eigenvalue weighted by molar-refractivity contribution is 0.607. The van der Waals surface area contributed by atoms with E-state index >= 15 is 0 Å². The fourth-order valence-electron chi connectivity index (χ4n) is 2.32. The Balaban J connectivity index is 2.20. The lowest BCUT2D eigenvalue weighted by atomic mass is 9.98. The summed E-state index contributed by atoms with van der Waals surface area (Å²) in [6.07, 6.45) is 1.17. The molecule has 0 saturated heterocycles. The maximum absolute atomic E-state index is 11.6. The van der Waals surface area contributed by atoms with Crippen molar-refractivity contribution in [3.05, 3.63) is 66.0 Å². The molecular formula is C17H15NO2S2. The Morgan fingerprint density at radius 2 is 1.41 bits per heavy atom. The van der Waals surface area contributed by atoms with Gasteiger partial charge >= 0.3 is 0 Å². The van der Waals surface area contributed by atoms with Gasteiger partial charge in [0.25, 0.3) is 0 Å². The average molecular weight is 329 g/mol. The minimum Gasteiger partial charge on any atom is -0.274 e. The summed E-state index contributed by atoms with van der Waals surface area (Å²) in [6.45, 7) is 0. The topological polar surface area (TPSA) is 46.2 Å². The van der Waals surface area contributed by atoms with Crippen LogP contribution in [0.3, 0.4) is 0 Å². The summed E-state index contributed by atoms with van der Waals surface area (Å²) < 4.78 is 25.9. The highest BCUT2D eigenvalue weighted by molar-refractivity contribution is 7.92. The first-order chi connectivity index (χ1) is 10.5. The number of hydrogen-bond acceptors (Lipinski definition) is 3. The van der Waals surface area contributed by atoms with Crippen molar-refractivity contribution >= 4 is 26.4 Å². The van der Waals surface area contributed by atoms with Crippen molar-refractivity contribution < 1.29 is 8.42 Å². The van der Waals surface area contributed by atoms with E-state index in [1.807, 2.05) is 66.0 Å². The number of sulfonamides is 1. The fraction of sp³-hybridized carbons (Fsp3) is 0.0588. The third kappa shape index (κ3) is 3.21. The second-order valence-corrected chi connectivity index (χ2v) is 7.59. The molecule has 0 atom stereocenters. The van der Waals surface area contributed by atoms with Crippen molar-refractivity contribution in [3.8, 4) is 22.3 Å². The maximum atomic E-state index is 11.6. The van der Waals surface area contributed by atoms with Gasteiger partial charge in [0.15, 0.2) is 0 Å². The summed E-state index contributed by atoms with van der Waals surface area (Å²) in [7, 11) is -3.32. The number of anilines is 1. The molecule has 112 valence electrons. The lowest BCUT2D eigenvalue weighted by Crippen LogP contribution is -2.09. The minimum atomic E-state index is -3.32. The average Bonchev–Trinajstić information content (AvgIpc) is 2.90. The van der Waals surface area contributed by atoms with E-state index in [0.29, 0.717) is 5.00 Å². The first-order valence-corrected chi connectivity index (χ1v) is 9.52. The van der Waals surface area contributed by atoms with Gasteiger partial charge in [-0.15, -0.1) is 11.3 Å². The molecule has 0 amide bonds. The molecule has 0 aliphatic heterocycles. The maximum Gasteiger partial charge on any atom is 0.230 e. The van der Waals surface area contributed by atoms with Crippen molar-refractivity contribution in [2.45, 2.75) is 0 Å². The molecule has 0 aliphatic rings. The summed E-state index contributed by atoms with van der Waals surface area (Å²) in [5.41, 5.74) is 4.01. The molecule has 1 aromatic heterocycles. The molecule has 3 aromatic rings. The van der Waals surface area contributed by atoms with Gasteiger partial charge in [-0.1, -0.05) is 60.7 Å². The van der Waals surface area contributed by atoms with Crippen molar-refractivity contribution in [2.75, 3.05) is 11.0 Å². The summed E-state index contributed by atoms with van der Waals surface area (Å²) in [6, 6.07) is 19.8. The number of hydrogen-bond donors (Lipinski definition) is 1. The van der Waals surface area contributed by atoms with Gasteiger partial charge in [0.05, 0.1) is 6.26 Å². The van der Waals surface area contributed by atoms with Crippen LogP contribution in [0, 0.1) is 0 Å². The van der Waals surface area contributed by atoms with Crippen molar-refractivity contribution in [3.63, 3.8) is 0 Å². The van der Waals surface area contributed by atoms with E-state index in [0.717, 1.165) is 22.3 Å². The molecule has 22 heavy (non-hydrogen) atoms. The van der Waals surface area contributed by atoms with E-state index in [1.54, 1.807) is 0 Å². The Morgan fingerprint density at radius 1 is 0.864 bits per heavy atom. The molecule has 1 heterocycles. The number of thiophene rings is 1. The molecule has 0 unspecified atom stereocenters. The van der Waals surface area contributed by atoms with E-state index in [2.05, 4.69) is 4.72 Å². The molecule has 0 spiro atoms. The highest BCUT2D eigenvalue weighted by atomic mass is 32.2. The van der Waals surface area contributed by atoms with E-state index < -0.39 is 10.0 Å². The summed E-state index contributed by atoms with van der Waals surface area (Å²) >= 11 is 1.40. The van der Waals surface area contributed by atoms with Crippen LogP contribution >= 0.6 is 11.3 Å². The van der Waals surface area contributed by atoms with E-state index in [1.165, 1.54) is 17.6 Å². The normalized spacial score (nSPS) is 11.3. The van der Waals surface area contributed by atoms with Crippen molar-refractivity contribution in [1.29, 1.82) is 0 Å². The molecule has 0 fully saturated rings. The first-order valence-electron chi connectivity index (χ1n) is 6.75. The number of nitrogens with one attached hydrogen (secondary N) is 1. The largest absolute Gasteiger partial charge is 0.274 e. The Bertz CT molecular complexity index is 870. The predicted molar refractivity (Wildman–Crippen MR) is 93.7 cm³/mol. The quantitative estimate of drug-likeness (QED) is 0.768. The smallest absolute Gasteiger partial charge is 0.230 e. The van der Waals surface area contributed by atoms with Gasteiger partial charge in [-0.3, -0.25) is 4.72 Å². The molecule has 2 aromatic carbocycles. The second-order valence-electron chi connectivity index (χ2n) is 4.96. The Kier molecular flexibility index (Phi) is 4.00. The van der Waals surface area contributed by atoms with Crippen LogP contribution in [0.25, 0.3) is 22.3 Å². The Morgan fingerprint density at radius 3 is 1.95 bits per heavy atom. The zero-order valence-corrected chi connectivity index (χ0v) is 13.6. The number of benzene rings is 2. The Labute approximate surface area is 134 Å². The SMILES string of the molecule is CS(=O)(=O)Nc1scc(-c2ccccc2)c1-c1ccccc1. The van der Waals surface area contributed by atoms with Gasteiger partial charge in [-0.25, -0.2) is 8.42 Å². The molecule has 5 heteroatoms. The van der Waals surface area contributed by atoms with E-state index in [-0.39, 0.29) is 0 Å². The van der Waals surface area contributed by atoms with E-state index in [4.69, 9.17) is 0 Å². The number of rotatable bonds is 4. The molecule has 1 N–H and O–H groups in total. The zero-order valence-electron chi connectivity index (χ0n) is 12.0. The van der Waals surface area contributed by atoms with Crippen LogP contribution in [0.2, 0.25) is 0 Å². The van der Waals surface area contributed by atoms with Crippen LogP contribution in [0.15, 0.2) is 66.0 Å². The molecule has 0 saturated carbocycles. The van der Waals surface area contributed by atoms with Crippen LogP contribution in [0.1, 0.15) is 0 Å². The standard InChI is InChI=1S/C17H15NO2S2/c1-22(19,20)18-17-16(14-10-6-3-7-11-14)15(12-21-17)13-8-4-2-5-9-13/h2-12,18H,1H3. The molecular weight excluding hydrogens is 314 g/mol. The predicted octanol–water partition coefficient (Wildman–Crippen LogP) is 4.45. The second kappa shape index (κ2) is 5.94. The minimum absolute atomic E-state index is 0.646. The van der Waals surface area contributed by atoms with E-state index in [9.17, 15) is 8.42 Å².